The molecule has 11 rings (SSSR count). The highest BCUT2D eigenvalue weighted by atomic mass is 32.2. The van der Waals surface area contributed by atoms with E-state index in [1.165, 1.54) is 96.7 Å². The number of thiocarbonyl (C=S) groups is 1. The Bertz CT molecular complexity index is 4250. The summed E-state index contributed by atoms with van der Waals surface area (Å²) in [6, 6.07) is 71.9. The van der Waals surface area contributed by atoms with Crippen LogP contribution in [0.2, 0.25) is 0 Å². The van der Waals surface area contributed by atoms with Crippen molar-refractivity contribution in [3.05, 3.63) is 317 Å². The minimum absolute atomic E-state index is 0.00168. The second-order valence-corrected chi connectivity index (χ2v) is 23.8. The SMILES string of the molecule is Cc1cccc(NC(=S)/N=C(/N[C@@H]2O[C@H](COC(=O)c3ccccc3)[C@@H](O[C@@H]3O[C@H](COC(=O)c4ccccc4)[C@H](OC(=O)c4ccccc4)[C@H](OC(=O)c4ccccc4)[C@H]3OC(=O)c3ccccc3)[C@H](OC(=O)c3ccccc3)[C@H]2OC(=O)c2ccccc2)SCc2ccccc2)c1. The Morgan fingerprint density at radius 3 is 1.17 bits per heavy atom. The minimum atomic E-state index is -2.12. The van der Waals surface area contributed by atoms with Crippen LogP contribution in [0.1, 0.15) is 83.6 Å². The number of ether oxygens (including phenoxy) is 10. The highest BCUT2D eigenvalue weighted by Crippen LogP contribution is 2.37. The molecule has 20 nitrogen and oxygen atoms in total. The van der Waals surface area contributed by atoms with Gasteiger partial charge in [0.1, 0.15) is 31.5 Å². The fraction of sp³-hybridized carbons (Fsp3) is 0.182. The lowest BCUT2D eigenvalue weighted by molar-refractivity contribution is -0.339. The molecule has 2 saturated heterocycles. The third-order valence-electron chi connectivity index (χ3n) is 15.5. The lowest BCUT2D eigenvalue weighted by Gasteiger charge is -2.49. The van der Waals surface area contributed by atoms with Crippen LogP contribution in [0, 0.1) is 6.92 Å². The predicted octanol–water partition coefficient (Wildman–Crippen LogP) is 12.2. The Balaban J connectivity index is 1.09. The summed E-state index contributed by atoms with van der Waals surface area (Å²) in [6.45, 7) is 0.412. The van der Waals surface area contributed by atoms with Gasteiger partial charge in [0, 0.05) is 11.4 Å². The zero-order valence-corrected chi connectivity index (χ0v) is 54.6. The first-order chi connectivity index (χ1) is 48.3. The molecule has 9 aromatic rings. The number of carbonyl (C=O) groups is 7. The van der Waals surface area contributed by atoms with Gasteiger partial charge in [0.2, 0.25) is 0 Å². The molecule has 2 aliphatic heterocycles. The first-order valence-electron chi connectivity index (χ1n) is 31.4. The summed E-state index contributed by atoms with van der Waals surface area (Å²) in [5, 5.41) is 6.55. The fourth-order valence-corrected chi connectivity index (χ4v) is 11.8. The maximum absolute atomic E-state index is 15.1. The van der Waals surface area contributed by atoms with Gasteiger partial charge in [-0.15, -0.1) is 0 Å². The van der Waals surface area contributed by atoms with Crippen LogP contribution in [0.4, 0.5) is 5.69 Å². The maximum atomic E-state index is 15.1. The summed E-state index contributed by atoms with van der Waals surface area (Å²) in [4.78, 5) is 108. The van der Waals surface area contributed by atoms with E-state index >= 15 is 4.79 Å². The molecular weight excluding hydrogens is 1300 g/mol. The zero-order valence-electron chi connectivity index (χ0n) is 53.0. The molecule has 502 valence electrons. The highest BCUT2D eigenvalue weighted by Gasteiger charge is 2.58. The Morgan fingerprint density at radius 1 is 0.404 bits per heavy atom. The molecule has 0 aliphatic carbocycles. The molecule has 22 heteroatoms. The molecule has 0 aromatic heterocycles. The van der Waals surface area contributed by atoms with Gasteiger partial charge in [-0.2, -0.15) is 4.99 Å². The van der Waals surface area contributed by atoms with Crippen molar-refractivity contribution in [2.45, 2.75) is 74.0 Å². The number of esters is 7. The number of nitrogens with one attached hydrogen (secondary N) is 2. The number of aliphatic imine (C=N–C) groups is 1. The number of rotatable bonds is 22. The number of hydrogen-bond donors (Lipinski definition) is 2. The summed E-state index contributed by atoms with van der Waals surface area (Å²) in [7, 11) is 0. The van der Waals surface area contributed by atoms with Crippen LogP contribution in [0.15, 0.2) is 272 Å². The van der Waals surface area contributed by atoms with Gasteiger partial charge in [0.15, 0.2) is 53.3 Å². The summed E-state index contributed by atoms with van der Waals surface area (Å²) in [5.74, 6) is -6.36. The molecule has 0 radical (unpaired) electrons. The zero-order chi connectivity index (χ0) is 68.9. The van der Waals surface area contributed by atoms with Crippen molar-refractivity contribution in [3.63, 3.8) is 0 Å². The van der Waals surface area contributed by atoms with Crippen molar-refractivity contribution < 1.29 is 80.9 Å². The van der Waals surface area contributed by atoms with Crippen LogP contribution in [-0.2, 0) is 53.1 Å². The fourth-order valence-electron chi connectivity index (χ4n) is 10.7. The number of thioether (sulfide) groups is 1. The number of carbonyl (C=O) groups excluding carboxylic acids is 7. The Morgan fingerprint density at radius 2 is 0.758 bits per heavy atom. The van der Waals surface area contributed by atoms with E-state index in [-0.39, 0.29) is 49.2 Å². The Labute approximate surface area is 579 Å². The van der Waals surface area contributed by atoms with E-state index in [1.54, 1.807) is 127 Å². The smallest absolute Gasteiger partial charge is 0.338 e. The third kappa shape index (κ3) is 18.9. The van der Waals surface area contributed by atoms with Crippen LogP contribution < -0.4 is 10.6 Å². The average molecular weight is 1370 g/mol. The molecule has 0 saturated carbocycles. The number of amidine groups is 1. The topological polar surface area (TPSA) is 248 Å². The number of hydrogen-bond acceptors (Lipinski definition) is 19. The average Bonchev–Trinajstić information content (AvgIpc) is 0.763. The van der Waals surface area contributed by atoms with Crippen LogP contribution in [0.25, 0.3) is 0 Å². The highest BCUT2D eigenvalue weighted by molar-refractivity contribution is 8.13. The summed E-state index contributed by atoms with van der Waals surface area (Å²) >= 11 is 7.09. The molecule has 99 heavy (non-hydrogen) atoms. The molecule has 0 unspecified atom stereocenters. The molecule has 2 heterocycles. The monoisotopic (exact) mass is 1370 g/mol. The van der Waals surface area contributed by atoms with Gasteiger partial charge in [-0.3, -0.25) is 0 Å². The summed E-state index contributed by atoms with van der Waals surface area (Å²) in [5.41, 5.74) is 2.76. The largest absolute Gasteiger partial charge is 0.459 e. The summed E-state index contributed by atoms with van der Waals surface area (Å²) in [6.07, 6.45) is -18.6. The molecule has 2 fully saturated rings. The molecule has 2 aliphatic rings. The van der Waals surface area contributed by atoms with Crippen LogP contribution in [0.3, 0.4) is 0 Å². The number of benzene rings is 9. The second kappa shape index (κ2) is 34.2. The molecule has 0 spiro atoms. The van der Waals surface area contributed by atoms with Gasteiger partial charge < -0.3 is 58.0 Å². The van der Waals surface area contributed by atoms with Gasteiger partial charge >= 0.3 is 41.8 Å². The molecule has 0 amide bonds. The minimum Gasteiger partial charge on any atom is -0.459 e. The van der Waals surface area contributed by atoms with Crippen LogP contribution in [0.5, 0.6) is 0 Å². The van der Waals surface area contributed by atoms with E-state index in [0.717, 1.165) is 11.1 Å². The van der Waals surface area contributed by atoms with Crippen molar-refractivity contribution in [2.24, 2.45) is 4.99 Å². The van der Waals surface area contributed by atoms with Gasteiger partial charge in [0.25, 0.3) is 0 Å². The third-order valence-corrected chi connectivity index (χ3v) is 16.7. The quantitative estimate of drug-likeness (QED) is 0.0210. The van der Waals surface area contributed by atoms with E-state index in [1.807, 2.05) is 61.5 Å². The van der Waals surface area contributed by atoms with E-state index in [9.17, 15) is 28.8 Å². The van der Waals surface area contributed by atoms with Crippen LogP contribution >= 0.6 is 24.0 Å². The van der Waals surface area contributed by atoms with Gasteiger partial charge in [-0.05, 0) is 127 Å². The van der Waals surface area contributed by atoms with Crippen molar-refractivity contribution in [1.82, 2.24) is 5.32 Å². The van der Waals surface area contributed by atoms with Crippen molar-refractivity contribution in [2.75, 3.05) is 18.5 Å². The van der Waals surface area contributed by atoms with E-state index in [0.29, 0.717) is 11.4 Å². The van der Waals surface area contributed by atoms with E-state index < -0.39 is 116 Å². The normalized spacial score (nSPS) is 20.3. The van der Waals surface area contributed by atoms with Gasteiger partial charge in [-0.1, -0.05) is 182 Å². The lowest BCUT2D eigenvalue weighted by atomic mass is 9.95. The predicted molar refractivity (Wildman–Crippen MR) is 370 cm³/mol. The maximum Gasteiger partial charge on any atom is 0.338 e. The van der Waals surface area contributed by atoms with Crippen molar-refractivity contribution >= 4 is 81.7 Å². The van der Waals surface area contributed by atoms with Crippen LogP contribution in [-0.4, -0.2) is 127 Å². The van der Waals surface area contributed by atoms with Gasteiger partial charge in [-0.25, -0.2) is 33.6 Å². The Kier molecular flexibility index (Phi) is 23.9. The molecule has 10 atom stereocenters. The first kappa shape index (κ1) is 69.2. The van der Waals surface area contributed by atoms with E-state index in [2.05, 4.69) is 10.6 Å². The number of aryl methyl sites for hydroxylation is 1. The van der Waals surface area contributed by atoms with E-state index in [4.69, 9.17) is 64.6 Å². The van der Waals surface area contributed by atoms with Crippen molar-refractivity contribution in [3.8, 4) is 0 Å². The van der Waals surface area contributed by atoms with Crippen molar-refractivity contribution in [1.29, 1.82) is 0 Å². The number of anilines is 1. The number of nitrogens with zero attached hydrogens (tertiary/aromatic N) is 1. The molecule has 2 N–H and O–H groups in total. The molecule has 9 aromatic carbocycles. The first-order valence-corrected chi connectivity index (χ1v) is 32.8. The molecule has 0 bridgehead atoms. The standard InChI is InChI=1S/C77H65N3O17S2/c1-49-27-26-44-58(45-49)78-76(98)80-77(99-48-50-28-10-2-11-29-50)79-67-65(95-73(86)56-40-22-8-23-41-56)63(93-71(84)54-36-18-6-19-37-54)62(59(90-67)46-88-68(81)51-30-12-3-13-31-51)97-75-66(96-74(87)57-42-24-9-25-43-57)64(94-72(85)55-38-20-7-21-39-55)61(92-70(83)53-34-16-5-17-35-53)60(91-75)47-89-69(82)52-32-14-4-15-33-52/h2-45,59-67,75H,46-48H2,1H3,(H2,78,79,80,98)/t59-,60-,61+,62-,63+,64+,65-,66-,67-,75+/m1/s1. The second-order valence-electron chi connectivity index (χ2n) is 22.5. The Hall–Kier alpha value is -11.1. The lowest BCUT2D eigenvalue weighted by Crippen LogP contribution is -2.69. The van der Waals surface area contributed by atoms with Gasteiger partial charge in [0.05, 0.1) is 38.9 Å². The molecular formula is C77H65N3O17S2. The summed E-state index contributed by atoms with van der Waals surface area (Å²) < 4.78 is 65.7.